The van der Waals surface area contributed by atoms with Gasteiger partial charge in [-0.25, -0.2) is 19.1 Å². The highest BCUT2D eigenvalue weighted by atomic mass is 35.5. The van der Waals surface area contributed by atoms with E-state index >= 15 is 0 Å². The Balaban J connectivity index is 1.69. The minimum atomic E-state index is -3.07. The highest BCUT2D eigenvalue weighted by molar-refractivity contribution is 6.42. The lowest BCUT2D eigenvalue weighted by atomic mass is 9.74. The summed E-state index contributed by atoms with van der Waals surface area (Å²) in [4.78, 5) is 27.9. The fourth-order valence-electron chi connectivity index (χ4n) is 4.77. The van der Waals surface area contributed by atoms with Gasteiger partial charge in [-0.05, 0) is 52.6 Å². The number of aromatic nitrogens is 3. The number of benzene rings is 2. The van der Waals surface area contributed by atoms with Gasteiger partial charge in [0.05, 0.1) is 16.1 Å². The summed E-state index contributed by atoms with van der Waals surface area (Å²) in [5.41, 5.74) is 0.636. The van der Waals surface area contributed by atoms with Crippen LogP contribution in [-0.2, 0) is 9.59 Å². The van der Waals surface area contributed by atoms with Crippen LogP contribution in [0.15, 0.2) is 61.1 Å². The summed E-state index contributed by atoms with van der Waals surface area (Å²) in [7, 11) is 0. The summed E-state index contributed by atoms with van der Waals surface area (Å²) in [5.74, 6) is -4.09. The number of rotatable bonds is 6. The molecular formula is C25H20Cl2N4O6. The standard InChI is InChI=1S/C25H20Cl2N4O6/c26-18-5-2-13(8-19(18)27)17-9-28-21(25(37,24(35)36)22(32)23(33)34)16-7-12(1-4-15(16)17)14-3-6-20-29-11-30-31(20)10-14/h1-8,10-11,17,21-22,28,32,37H,9H2,(H,33,34)(H,35,36)/t17?,21-,22-,25+/m0/s1. The molecule has 4 atom stereocenters. The predicted octanol–water partition coefficient (Wildman–Crippen LogP) is 2.74. The van der Waals surface area contributed by atoms with E-state index in [0.717, 1.165) is 5.56 Å². The monoisotopic (exact) mass is 542 g/mol. The number of halogens is 2. The van der Waals surface area contributed by atoms with Crippen LogP contribution in [0.3, 0.4) is 0 Å². The number of carboxylic acids is 2. The van der Waals surface area contributed by atoms with Crippen molar-refractivity contribution in [3.8, 4) is 11.1 Å². The first-order chi connectivity index (χ1) is 17.6. The lowest BCUT2D eigenvalue weighted by Crippen LogP contribution is -2.62. The molecule has 0 amide bonds. The van der Waals surface area contributed by atoms with Crippen molar-refractivity contribution in [2.24, 2.45) is 0 Å². The van der Waals surface area contributed by atoms with E-state index in [1.165, 1.54) is 6.33 Å². The summed E-state index contributed by atoms with van der Waals surface area (Å²) >= 11 is 12.3. The number of aliphatic hydroxyl groups is 2. The van der Waals surface area contributed by atoms with Crippen molar-refractivity contribution in [1.29, 1.82) is 0 Å². The van der Waals surface area contributed by atoms with Crippen LogP contribution >= 0.6 is 23.2 Å². The number of carbonyl (C=O) groups is 2. The molecule has 1 unspecified atom stereocenters. The number of hydrogen-bond acceptors (Lipinski definition) is 7. The SMILES string of the molecule is O=C(O)[C@H](O)[C@@](O)(C(=O)O)[C@H]1NCC(c2ccc(Cl)c(Cl)c2)c2ccc(-c3ccc4ncnn4c3)cc21. The van der Waals surface area contributed by atoms with Gasteiger partial charge in [0.15, 0.2) is 11.8 Å². The maximum absolute atomic E-state index is 12.2. The van der Waals surface area contributed by atoms with E-state index in [0.29, 0.717) is 37.9 Å². The molecule has 0 saturated carbocycles. The number of fused-ring (bicyclic) bond motifs is 2. The minimum Gasteiger partial charge on any atom is -0.479 e. The number of nitrogens with one attached hydrogen (secondary N) is 1. The Kier molecular flexibility index (Phi) is 6.38. The van der Waals surface area contributed by atoms with Crippen molar-refractivity contribution in [2.75, 3.05) is 6.54 Å². The van der Waals surface area contributed by atoms with E-state index in [1.54, 1.807) is 47.1 Å². The number of carboxylic acid groups (broad SMARTS) is 2. The molecule has 0 saturated heterocycles. The van der Waals surface area contributed by atoms with Gasteiger partial charge in [-0.3, -0.25) is 0 Å². The first kappa shape index (κ1) is 25.1. The highest BCUT2D eigenvalue weighted by Crippen LogP contribution is 2.43. The van der Waals surface area contributed by atoms with Crippen molar-refractivity contribution in [3.63, 3.8) is 0 Å². The molecule has 4 aromatic rings. The molecule has 10 nitrogen and oxygen atoms in total. The van der Waals surface area contributed by atoms with E-state index in [9.17, 15) is 30.0 Å². The molecule has 0 fully saturated rings. The topological polar surface area (TPSA) is 157 Å². The Morgan fingerprint density at radius 2 is 1.78 bits per heavy atom. The molecule has 0 radical (unpaired) electrons. The van der Waals surface area contributed by atoms with Gasteiger partial charge in [0, 0.05) is 24.2 Å². The van der Waals surface area contributed by atoms with E-state index in [4.69, 9.17) is 23.2 Å². The van der Waals surface area contributed by atoms with Crippen molar-refractivity contribution < 1.29 is 30.0 Å². The highest BCUT2D eigenvalue weighted by Gasteiger charge is 2.56. The van der Waals surface area contributed by atoms with Crippen LogP contribution in [0.5, 0.6) is 0 Å². The van der Waals surface area contributed by atoms with Crippen LogP contribution < -0.4 is 5.32 Å². The molecule has 1 aliphatic rings. The summed E-state index contributed by atoms with van der Waals surface area (Å²) in [6.07, 6.45) is 0.544. The Morgan fingerprint density at radius 1 is 1.03 bits per heavy atom. The normalized spacial score (nSPS) is 19.7. The van der Waals surface area contributed by atoms with Crippen LogP contribution in [0.25, 0.3) is 16.8 Å². The van der Waals surface area contributed by atoms with E-state index in [1.807, 2.05) is 12.1 Å². The molecule has 190 valence electrons. The van der Waals surface area contributed by atoms with Gasteiger partial charge < -0.3 is 25.7 Å². The maximum Gasteiger partial charge on any atom is 0.341 e. The van der Waals surface area contributed by atoms with Crippen LogP contribution in [0.4, 0.5) is 0 Å². The fraction of sp³-hybridized carbons (Fsp3) is 0.200. The smallest absolute Gasteiger partial charge is 0.341 e. The van der Waals surface area contributed by atoms with Gasteiger partial charge in [0.25, 0.3) is 0 Å². The molecule has 2 aromatic carbocycles. The molecule has 37 heavy (non-hydrogen) atoms. The molecule has 5 rings (SSSR count). The number of pyridine rings is 1. The third-order valence-corrected chi connectivity index (χ3v) is 7.43. The number of aliphatic carboxylic acids is 2. The van der Waals surface area contributed by atoms with Crippen LogP contribution in [0.2, 0.25) is 10.0 Å². The van der Waals surface area contributed by atoms with Gasteiger partial charge in [-0.2, -0.15) is 5.10 Å². The Morgan fingerprint density at radius 3 is 2.49 bits per heavy atom. The van der Waals surface area contributed by atoms with Crippen molar-refractivity contribution in [3.05, 3.63) is 87.8 Å². The maximum atomic E-state index is 12.2. The lowest BCUT2D eigenvalue weighted by molar-refractivity contribution is -0.189. The molecule has 1 aliphatic heterocycles. The third-order valence-electron chi connectivity index (χ3n) is 6.69. The molecule has 3 heterocycles. The molecule has 0 spiro atoms. The average Bonchev–Trinajstić information content (AvgIpc) is 3.36. The fourth-order valence-corrected chi connectivity index (χ4v) is 5.08. The molecule has 0 bridgehead atoms. The zero-order valence-corrected chi connectivity index (χ0v) is 20.4. The van der Waals surface area contributed by atoms with E-state index in [-0.39, 0.29) is 12.5 Å². The summed E-state index contributed by atoms with van der Waals surface area (Å²) < 4.78 is 1.57. The second-order valence-electron chi connectivity index (χ2n) is 8.76. The van der Waals surface area contributed by atoms with Crippen molar-refractivity contribution in [2.45, 2.75) is 23.7 Å². The van der Waals surface area contributed by atoms with Crippen molar-refractivity contribution >= 4 is 40.8 Å². The molecule has 5 N–H and O–H groups in total. The van der Waals surface area contributed by atoms with Crippen molar-refractivity contribution in [1.82, 2.24) is 19.9 Å². The number of hydrogen-bond donors (Lipinski definition) is 5. The predicted molar refractivity (Wildman–Crippen MR) is 134 cm³/mol. The summed E-state index contributed by atoms with van der Waals surface area (Å²) in [6, 6.07) is 12.5. The van der Waals surface area contributed by atoms with Crippen LogP contribution in [0.1, 0.15) is 28.7 Å². The Bertz CT molecular complexity index is 1540. The van der Waals surface area contributed by atoms with Gasteiger partial charge in [-0.15, -0.1) is 0 Å². The second kappa shape index (κ2) is 9.40. The average molecular weight is 543 g/mol. The molecule has 0 aliphatic carbocycles. The van der Waals surface area contributed by atoms with Crippen LogP contribution in [0, 0.1) is 0 Å². The first-order valence-corrected chi connectivity index (χ1v) is 11.9. The number of aliphatic hydroxyl groups excluding tert-OH is 1. The first-order valence-electron chi connectivity index (χ1n) is 11.1. The zero-order chi connectivity index (χ0) is 26.5. The molecule has 12 heteroatoms. The molecule has 2 aromatic heterocycles. The van der Waals surface area contributed by atoms with Gasteiger partial charge in [0.2, 0.25) is 5.60 Å². The lowest BCUT2D eigenvalue weighted by Gasteiger charge is -2.41. The third kappa shape index (κ3) is 4.22. The second-order valence-corrected chi connectivity index (χ2v) is 9.58. The van der Waals surface area contributed by atoms with Gasteiger partial charge in [0.1, 0.15) is 6.33 Å². The van der Waals surface area contributed by atoms with Gasteiger partial charge >= 0.3 is 11.9 Å². The minimum absolute atomic E-state index is 0.127. The summed E-state index contributed by atoms with van der Waals surface area (Å²) in [5, 5.41) is 48.6. The van der Waals surface area contributed by atoms with E-state index in [2.05, 4.69) is 15.4 Å². The summed E-state index contributed by atoms with van der Waals surface area (Å²) in [6.45, 7) is 0.127. The number of nitrogens with zero attached hydrogens (tertiary/aromatic N) is 3. The zero-order valence-electron chi connectivity index (χ0n) is 18.9. The van der Waals surface area contributed by atoms with Crippen LogP contribution in [-0.4, -0.2) is 65.2 Å². The Labute approximate surface area is 219 Å². The van der Waals surface area contributed by atoms with Gasteiger partial charge in [-0.1, -0.05) is 41.4 Å². The largest absolute Gasteiger partial charge is 0.479 e. The Hall–Kier alpha value is -3.54. The molecular weight excluding hydrogens is 523 g/mol. The van der Waals surface area contributed by atoms with E-state index < -0.39 is 29.7 Å². The quantitative estimate of drug-likeness (QED) is 0.247.